The number of cyclic esters (lactones) is 1. The molecule has 184 valence electrons. The van der Waals surface area contributed by atoms with Gasteiger partial charge in [-0.3, -0.25) is 4.90 Å². The number of ether oxygens (including phenoxy) is 2. The van der Waals surface area contributed by atoms with Gasteiger partial charge >= 0.3 is 31.0 Å². The number of carbonyl (C=O) groups excluding carboxylic acids is 2. The minimum Gasteiger partial charge on any atom is -0.850 e. The Morgan fingerprint density at radius 3 is 2.47 bits per heavy atom. The van der Waals surface area contributed by atoms with Crippen LogP contribution in [0.15, 0.2) is 23.4 Å². The minimum atomic E-state index is -0.750. The van der Waals surface area contributed by atoms with E-state index in [4.69, 9.17) is 14.3 Å². The van der Waals surface area contributed by atoms with Gasteiger partial charge in [-0.15, -0.1) is 5.60 Å². The largest absolute Gasteiger partial charge is 1.00 e. The molecule has 1 fully saturated rings. The molecule has 0 radical (unpaired) electrons. The molecule has 0 aliphatic carbocycles. The molecule has 1 aromatic heterocycles. The van der Waals surface area contributed by atoms with Crippen LogP contribution in [0.2, 0.25) is 0 Å². The Bertz CT molecular complexity index is 1050. The van der Waals surface area contributed by atoms with Gasteiger partial charge in [-0.2, -0.15) is 0 Å². The molecule has 10 nitrogen and oxygen atoms in total. The first-order chi connectivity index (χ1) is 15.2. The number of nitrogens with zero attached hydrogens (tertiary/aromatic N) is 3. The van der Waals surface area contributed by atoms with Crippen molar-refractivity contribution in [1.29, 1.82) is 0 Å². The Morgan fingerprint density at radius 1 is 1.29 bits per heavy atom. The second-order valence-electron chi connectivity index (χ2n) is 9.48. The van der Waals surface area contributed by atoms with Crippen molar-refractivity contribution in [1.82, 2.24) is 9.88 Å². The summed E-state index contributed by atoms with van der Waals surface area (Å²) in [6, 6.07) is 5.70. The maximum absolute atomic E-state index is 12.3. The number of rotatable bonds is 4. The predicted molar refractivity (Wildman–Crippen MR) is 125 cm³/mol. The zero-order valence-corrected chi connectivity index (χ0v) is 22.2. The van der Waals surface area contributed by atoms with E-state index in [1.54, 1.807) is 46.4 Å². The molecule has 2 amide bonds. The predicted octanol–water partition coefficient (Wildman–Crippen LogP) is -0.299. The SMILES string of the molecule is CC(C)(C)[O-].CON=c1sc2cc(N3C[C@H](CNC(=O)OC(C)(C)C)OC3=O)ccc2n1C.[Li+]. The van der Waals surface area contributed by atoms with Gasteiger partial charge in [-0.05, 0) is 39.0 Å². The van der Waals surface area contributed by atoms with Gasteiger partial charge in [-0.1, -0.05) is 37.3 Å². The van der Waals surface area contributed by atoms with Crippen LogP contribution in [0.4, 0.5) is 15.3 Å². The van der Waals surface area contributed by atoms with Gasteiger partial charge < -0.3 is 29.3 Å². The van der Waals surface area contributed by atoms with Crippen molar-refractivity contribution in [3.05, 3.63) is 23.0 Å². The third-order valence-corrected chi connectivity index (χ3v) is 5.10. The van der Waals surface area contributed by atoms with Crippen molar-refractivity contribution < 1.29 is 47.9 Å². The average molecular weight is 489 g/mol. The number of benzene rings is 1. The smallest absolute Gasteiger partial charge is 0.850 e. The molecule has 2 heterocycles. The normalized spacial score (nSPS) is 16.4. The van der Waals surface area contributed by atoms with Crippen molar-refractivity contribution in [2.75, 3.05) is 25.1 Å². The maximum atomic E-state index is 12.3. The summed E-state index contributed by atoms with van der Waals surface area (Å²) in [7, 11) is 3.40. The fourth-order valence-electron chi connectivity index (χ4n) is 2.81. The van der Waals surface area contributed by atoms with Gasteiger partial charge in [0.2, 0.25) is 4.80 Å². The fraction of sp³-hybridized carbons (Fsp3) is 0.591. The monoisotopic (exact) mass is 488 g/mol. The van der Waals surface area contributed by atoms with Crippen molar-refractivity contribution in [2.45, 2.75) is 58.8 Å². The van der Waals surface area contributed by atoms with Crippen molar-refractivity contribution in [3.8, 4) is 0 Å². The van der Waals surface area contributed by atoms with E-state index in [1.807, 2.05) is 29.8 Å². The Kier molecular flexibility index (Phi) is 10.5. The molecule has 1 aliphatic rings. The van der Waals surface area contributed by atoms with E-state index in [0.29, 0.717) is 6.54 Å². The van der Waals surface area contributed by atoms with Crippen molar-refractivity contribution in [3.63, 3.8) is 0 Å². The number of aromatic nitrogens is 1. The molecule has 12 heteroatoms. The van der Waals surface area contributed by atoms with E-state index in [0.717, 1.165) is 20.7 Å². The van der Waals surface area contributed by atoms with E-state index >= 15 is 0 Å². The summed E-state index contributed by atoms with van der Waals surface area (Å²) in [5, 5.41) is 16.7. The molecule has 3 rings (SSSR count). The molecule has 2 aromatic rings. The van der Waals surface area contributed by atoms with E-state index < -0.39 is 29.5 Å². The number of alkyl carbamates (subject to hydrolysis) is 1. The maximum Gasteiger partial charge on any atom is 1.00 e. The van der Waals surface area contributed by atoms with Crippen LogP contribution in [0.1, 0.15) is 41.5 Å². The van der Waals surface area contributed by atoms with Crippen LogP contribution < -0.4 is 39.0 Å². The van der Waals surface area contributed by atoms with E-state index in [1.165, 1.54) is 18.4 Å². The molecular weight excluding hydrogens is 455 g/mol. The first-order valence-corrected chi connectivity index (χ1v) is 11.3. The second-order valence-corrected chi connectivity index (χ2v) is 10.5. The van der Waals surface area contributed by atoms with Crippen molar-refractivity contribution >= 4 is 39.4 Å². The van der Waals surface area contributed by atoms with Gasteiger partial charge in [0, 0.05) is 12.7 Å². The number of hydrogen-bond acceptors (Lipinski definition) is 8. The van der Waals surface area contributed by atoms with E-state index in [9.17, 15) is 14.7 Å². The first kappa shape index (κ1) is 29.8. The first-order valence-electron chi connectivity index (χ1n) is 10.5. The van der Waals surface area contributed by atoms with Crippen LogP contribution in [0.3, 0.4) is 0 Å². The van der Waals surface area contributed by atoms with E-state index in [2.05, 4.69) is 10.5 Å². The third kappa shape index (κ3) is 9.22. The van der Waals surface area contributed by atoms with E-state index in [-0.39, 0.29) is 25.4 Å². The summed E-state index contributed by atoms with van der Waals surface area (Å²) in [5.74, 6) is 0. The molecule has 1 saturated heterocycles. The van der Waals surface area contributed by atoms with Gasteiger partial charge in [0.05, 0.1) is 23.3 Å². The van der Waals surface area contributed by atoms with Crippen LogP contribution in [0.5, 0.6) is 0 Å². The summed E-state index contributed by atoms with van der Waals surface area (Å²) in [4.78, 5) is 31.2. The van der Waals surface area contributed by atoms with Crippen LogP contribution in [-0.2, 0) is 21.4 Å². The number of fused-ring (bicyclic) bond motifs is 1. The van der Waals surface area contributed by atoms with Crippen LogP contribution in [-0.4, -0.2) is 54.3 Å². The average Bonchev–Trinajstić information content (AvgIpc) is 3.17. The number of anilines is 1. The topological polar surface area (TPSA) is 117 Å². The summed E-state index contributed by atoms with van der Waals surface area (Å²) >= 11 is 1.46. The second kappa shape index (κ2) is 12.0. The molecule has 0 saturated carbocycles. The number of carbonyl (C=O) groups is 2. The Morgan fingerprint density at radius 2 is 1.91 bits per heavy atom. The standard InChI is InChI=1S/C18H24N4O5S.C4H9O.Li/c1-18(2,3)27-16(23)19-9-12-10-22(17(24)26-12)11-6-7-13-14(8-11)28-15(20-25-5)21(13)4;1-4(2,3)5;/h6-8,12H,9-10H2,1-5H3,(H,19,23);1-3H3;/q;-1;+1/t12-;;/m0../s1. The van der Waals surface area contributed by atoms with Gasteiger partial charge in [0.1, 0.15) is 18.8 Å². The van der Waals surface area contributed by atoms with Crippen LogP contribution in [0.25, 0.3) is 10.2 Å². The van der Waals surface area contributed by atoms with Gasteiger partial charge in [0.25, 0.3) is 0 Å². The Labute approximate surface area is 216 Å². The zero-order chi connectivity index (χ0) is 25.0. The van der Waals surface area contributed by atoms with Gasteiger partial charge in [0.15, 0.2) is 0 Å². The van der Waals surface area contributed by atoms with Gasteiger partial charge in [-0.25, -0.2) is 9.59 Å². The quantitative estimate of drug-likeness (QED) is 0.467. The minimum absolute atomic E-state index is 0. The summed E-state index contributed by atoms with van der Waals surface area (Å²) < 4.78 is 13.4. The summed E-state index contributed by atoms with van der Waals surface area (Å²) in [5.41, 5.74) is 0.381. The number of hydrogen-bond donors (Lipinski definition) is 1. The van der Waals surface area contributed by atoms with Crippen LogP contribution in [0, 0.1) is 0 Å². The zero-order valence-electron chi connectivity index (χ0n) is 21.4. The Hall–Kier alpha value is -2.19. The molecular formula is C22H33LiN4O6S. The number of nitrogens with one attached hydrogen (secondary N) is 1. The number of thiazole rings is 1. The molecule has 1 N–H and O–H groups in total. The molecule has 1 aliphatic heterocycles. The molecule has 0 spiro atoms. The Balaban J connectivity index is 0.000000873. The summed E-state index contributed by atoms with van der Waals surface area (Å²) in [6.07, 6.45) is -1.43. The third-order valence-electron chi connectivity index (χ3n) is 4.02. The molecule has 1 aromatic carbocycles. The summed E-state index contributed by atoms with van der Waals surface area (Å²) in [6.45, 7) is 10.8. The molecule has 34 heavy (non-hydrogen) atoms. The fourth-order valence-corrected chi connectivity index (χ4v) is 3.84. The van der Waals surface area contributed by atoms with Crippen molar-refractivity contribution in [2.24, 2.45) is 12.2 Å². The molecule has 1 atom stereocenters. The molecule has 0 bridgehead atoms. The molecule has 0 unspecified atom stereocenters. The van der Waals surface area contributed by atoms with Crippen LogP contribution >= 0.6 is 11.3 Å². The number of amides is 2. The number of aryl methyl sites for hydroxylation is 1.